The number of benzene rings is 2. The minimum absolute atomic E-state index is 0.0908. The molecule has 0 spiro atoms. The number of methoxy groups -OCH3 is 1. The average Bonchev–Trinajstić information content (AvgIpc) is 2.72. The van der Waals surface area contributed by atoms with Gasteiger partial charge in [0.15, 0.2) is 0 Å². The summed E-state index contributed by atoms with van der Waals surface area (Å²) in [5.74, 6) is 0.763. The topological polar surface area (TPSA) is 66.9 Å². The second-order valence-corrected chi connectivity index (χ2v) is 9.55. The zero-order valence-corrected chi connectivity index (χ0v) is 18.1. The number of hydrogen-bond acceptors (Lipinski definition) is 4. The van der Waals surface area contributed by atoms with E-state index in [2.05, 4.69) is 6.92 Å². The van der Waals surface area contributed by atoms with Crippen molar-refractivity contribution >= 4 is 33.2 Å². The van der Waals surface area contributed by atoms with Gasteiger partial charge in [0.25, 0.3) is 10.0 Å². The number of hydrogen-bond donors (Lipinski definition) is 0. The minimum atomic E-state index is -3.95. The Hall–Kier alpha value is -2.25. The number of carbonyl (C=O) groups is 1. The Kier molecular flexibility index (Phi) is 6.70. The average molecular weight is 437 g/mol. The Morgan fingerprint density at radius 3 is 2.41 bits per heavy atom. The van der Waals surface area contributed by atoms with Gasteiger partial charge in [-0.3, -0.25) is 9.10 Å². The number of piperidine rings is 1. The molecule has 1 amide bonds. The molecule has 156 valence electrons. The van der Waals surface area contributed by atoms with Crippen molar-refractivity contribution in [1.29, 1.82) is 0 Å². The first-order chi connectivity index (χ1) is 13.8. The van der Waals surface area contributed by atoms with Gasteiger partial charge in [-0.1, -0.05) is 18.5 Å². The summed E-state index contributed by atoms with van der Waals surface area (Å²) in [4.78, 5) is 14.8. The monoisotopic (exact) mass is 436 g/mol. The second-order valence-electron chi connectivity index (χ2n) is 7.25. The quantitative estimate of drug-likeness (QED) is 0.690. The van der Waals surface area contributed by atoms with E-state index in [1.54, 1.807) is 41.3 Å². The molecule has 1 atom stereocenters. The van der Waals surface area contributed by atoms with Crippen LogP contribution in [0.2, 0.25) is 5.02 Å². The van der Waals surface area contributed by atoms with Crippen molar-refractivity contribution in [2.24, 2.45) is 5.92 Å². The van der Waals surface area contributed by atoms with E-state index >= 15 is 0 Å². The van der Waals surface area contributed by atoms with Crippen LogP contribution in [0.1, 0.15) is 19.8 Å². The van der Waals surface area contributed by atoms with Gasteiger partial charge in [0.1, 0.15) is 12.3 Å². The maximum atomic E-state index is 13.4. The molecule has 0 bridgehead atoms. The van der Waals surface area contributed by atoms with Gasteiger partial charge in [-0.25, -0.2) is 8.42 Å². The highest BCUT2D eigenvalue weighted by Gasteiger charge is 2.30. The van der Waals surface area contributed by atoms with Crippen LogP contribution in [0.5, 0.6) is 5.75 Å². The lowest BCUT2D eigenvalue weighted by Crippen LogP contribution is -2.46. The molecule has 8 heteroatoms. The molecule has 2 aromatic carbocycles. The molecule has 0 aliphatic carbocycles. The number of sulfonamides is 1. The Bertz CT molecular complexity index is 946. The van der Waals surface area contributed by atoms with Crippen molar-refractivity contribution in [3.05, 3.63) is 53.6 Å². The molecule has 1 unspecified atom stereocenters. The van der Waals surface area contributed by atoms with Crippen LogP contribution in [0.3, 0.4) is 0 Å². The number of likely N-dealkylation sites (tertiary alicyclic amines) is 1. The Morgan fingerprint density at radius 2 is 1.83 bits per heavy atom. The molecule has 3 rings (SSSR count). The number of rotatable bonds is 6. The Morgan fingerprint density at radius 1 is 1.17 bits per heavy atom. The van der Waals surface area contributed by atoms with Crippen molar-refractivity contribution in [2.75, 3.05) is 31.0 Å². The molecule has 1 fully saturated rings. The zero-order chi connectivity index (χ0) is 21.0. The number of halogens is 1. The summed E-state index contributed by atoms with van der Waals surface area (Å²) in [6, 6.07) is 12.6. The largest absolute Gasteiger partial charge is 0.497 e. The van der Waals surface area contributed by atoms with E-state index < -0.39 is 10.0 Å². The van der Waals surface area contributed by atoms with Crippen molar-refractivity contribution in [3.63, 3.8) is 0 Å². The summed E-state index contributed by atoms with van der Waals surface area (Å²) < 4.78 is 33.0. The van der Waals surface area contributed by atoms with E-state index in [9.17, 15) is 13.2 Å². The third kappa shape index (κ3) is 5.03. The minimum Gasteiger partial charge on any atom is -0.497 e. The van der Waals surface area contributed by atoms with E-state index in [1.807, 2.05) is 0 Å². The maximum Gasteiger partial charge on any atom is 0.264 e. The highest BCUT2D eigenvalue weighted by atomic mass is 35.5. The van der Waals surface area contributed by atoms with Gasteiger partial charge in [0.2, 0.25) is 5.91 Å². The molecule has 2 aromatic rings. The van der Waals surface area contributed by atoms with Crippen LogP contribution in [0, 0.1) is 5.92 Å². The van der Waals surface area contributed by atoms with E-state index in [1.165, 1.54) is 19.2 Å². The summed E-state index contributed by atoms with van der Waals surface area (Å²) in [6.07, 6.45) is 2.01. The van der Waals surface area contributed by atoms with Crippen LogP contribution < -0.4 is 9.04 Å². The van der Waals surface area contributed by atoms with Crippen molar-refractivity contribution in [2.45, 2.75) is 24.7 Å². The van der Waals surface area contributed by atoms with Gasteiger partial charge in [-0.15, -0.1) is 0 Å². The molecule has 1 heterocycles. The number of amides is 1. The van der Waals surface area contributed by atoms with Crippen LogP contribution in [-0.4, -0.2) is 46.0 Å². The van der Waals surface area contributed by atoms with Crippen LogP contribution in [0.25, 0.3) is 0 Å². The van der Waals surface area contributed by atoms with E-state index in [0.717, 1.165) is 17.1 Å². The lowest BCUT2D eigenvalue weighted by Gasteiger charge is -2.33. The molecule has 29 heavy (non-hydrogen) atoms. The molecule has 6 nitrogen and oxygen atoms in total. The predicted molar refractivity (Wildman–Crippen MR) is 114 cm³/mol. The fourth-order valence-electron chi connectivity index (χ4n) is 3.44. The van der Waals surface area contributed by atoms with Crippen molar-refractivity contribution in [3.8, 4) is 5.75 Å². The number of ether oxygens (including phenoxy) is 1. The smallest absolute Gasteiger partial charge is 0.264 e. The standard InChI is InChI=1S/C21H25ClN2O4S/c1-16-4-3-13-23(14-16)21(25)15-24(18-7-5-17(22)6-8-18)29(26,27)20-11-9-19(28-2)10-12-20/h5-12,16H,3-4,13-15H2,1-2H3. The van der Waals surface area contributed by atoms with E-state index in [-0.39, 0.29) is 17.3 Å². The Labute approximate surface area is 177 Å². The molecule has 1 aliphatic heterocycles. The van der Waals surface area contributed by atoms with E-state index in [0.29, 0.717) is 35.5 Å². The van der Waals surface area contributed by atoms with Crippen LogP contribution in [0.4, 0.5) is 5.69 Å². The molecular formula is C21H25ClN2O4S. The summed E-state index contributed by atoms with van der Waals surface area (Å²) >= 11 is 5.97. The fourth-order valence-corrected chi connectivity index (χ4v) is 4.98. The first-order valence-electron chi connectivity index (χ1n) is 9.51. The number of anilines is 1. The highest BCUT2D eigenvalue weighted by molar-refractivity contribution is 7.92. The highest BCUT2D eigenvalue weighted by Crippen LogP contribution is 2.27. The first kappa shape index (κ1) is 21.5. The summed E-state index contributed by atoms with van der Waals surface area (Å²) in [5.41, 5.74) is 0.392. The second kappa shape index (κ2) is 9.05. The maximum absolute atomic E-state index is 13.4. The van der Waals surface area contributed by atoms with Crippen molar-refractivity contribution in [1.82, 2.24) is 4.90 Å². The van der Waals surface area contributed by atoms with Crippen LogP contribution in [-0.2, 0) is 14.8 Å². The van der Waals surface area contributed by atoms with Crippen molar-refractivity contribution < 1.29 is 17.9 Å². The molecule has 0 saturated carbocycles. The number of nitrogens with zero attached hydrogens (tertiary/aromatic N) is 2. The lowest BCUT2D eigenvalue weighted by atomic mass is 10.0. The van der Waals surface area contributed by atoms with Gasteiger partial charge >= 0.3 is 0 Å². The van der Waals surface area contributed by atoms with Crippen LogP contribution >= 0.6 is 11.6 Å². The van der Waals surface area contributed by atoms with Crippen LogP contribution in [0.15, 0.2) is 53.4 Å². The fraction of sp³-hybridized carbons (Fsp3) is 0.381. The molecule has 0 aromatic heterocycles. The first-order valence-corrected chi connectivity index (χ1v) is 11.3. The molecular weight excluding hydrogens is 412 g/mol. The number of carbonyl (C=O) groups excluding carboxylic acids is 1. The third-order valence-electron chi connectivity index (χ3n) is 5.05. The summed E-state index contributed by atoms with van der Waals surface area (Å²) in [5, 5.41) is 0.492. The lowest BCUT2D eigenvalue weighted by molar-refractivity contribution is -0.131. The third-order valence-corrected chi connectivity index (χ3v) is 7.09. The summed E-state index contributed by atoms with van der Waals surface area (Å²) in [6.45, 7) is 3.14. The summed E-state index contributed by atoms with van der Waals surface area (Å²) in [7, 11) is -2.44. The van der Waals surface area contributed by atoms with Gasteiger partial charge in [0, 0.05) is 18.1 Å². The molecule has 0 radical (unpaired) electrons. The zero-order valence-electron chi connectivity index (χ0n) is 16.5. The Balaban J connectivity index is 1.93. The molecule has 1 saturated heterocycles. The van der Waals surface area contributed by atoms with Gasteiger partial charge in [-0.2, -0.15) is 0 Å². The van der Waals surface area contributed by atoms with Gasteiger partial charge in [-0.05, 0) is 67.3 Å². The molecule has 0 N–H and O–H groups in total. The normalized spacial score (nSPS) is 17.1. The van der Waals surface area contributed by atoms with Gasteiger partial charge < -0.3 is 9.64 Å². The SMILES string of the molecule is COc1ccc(S(=O)(=O)N(CC(=O)N2CCCC(C)C2)c2ccc(Cl)cc2)cc1. The molecule has 1 aliphatic rings. The van der Waals surface area contributed by atoms with Gasteiger partial charge in [0.05, 0.1) is 17.7 Å². The van der Waals surface area contributed by atoms with E-state index in [4.69, 9.17) is 16.3 Å². The predicted octanol–water partition coefficient (Wildman–Crippen LogP) is 3.80.